The van der Waals surface area contributed by atoms with Gasteiger partial charge >= 0.3 is 5.97 Å². The van der Waals surface area contributed by atoms with Gasteiger partial charge in [-0.05, 0) is 35.9 Å². The van der Waals surface area contributed by atoms with Gasteiger partial charge in [0, 0.05) is 34.9 Å². The van der Waals surface area contributed by atoms with E-state index in [1.165, 1.54) is 36.4 Å². The number of amides is 1. The van der Waals surface area contributed by atoms with Crippen LogP contribution in [0.1, 0.15) is 32.6 Å². The van der Waals surface area contributed by atoms with E-state index in [9.17, 15) is 19.8 Å². The minimum Gasteiger partial charge on any atom is -0.508 e. The molecule has 7 heteroatoms. The second kappa shape index (κ2) is 6.12. The molecule has 0 unspecified atom stereocenters. The maximum Gasteiger partial charge on any atom is 0.340 e. The van der Waals surface area contributed by atoms with Gasteiger partial charge in [0.15, 0.2) is 5.60 Å². The molecule has 3 aromatic carbocycles. The third-order valence-corrected chi connectivity index (χ3v) is 5.26. The average Bonchev–Trinajstić information content (AvgIpc) is 2.99. The maximum atomic E-state index is 13.0. The van der Waals surface area contributed by atoms with Crippen molar-refractivity contribution in [3.8, 4) is 23.0 Å². The number of primary amides is 1. The zero-order chi connectivity index (χ0) is 21.0. The van der Waals surface area contributed by atoms with Crippen molar-refractivity contribution in [2.24, 2.45) is 5.73 Å². The minimum atomic E-state index is -1.34. The molecular weight excluding hydrogens is 386 g/mol. The summed E-state index contributed by atoms with van der Waals surface area (Å²) in [5.74, 6) is -0.653. The Labute approximate surface area is 170 Å². The van der Waals surface area contributed by atoms with Gasteiger partial charge in [0.05, 0.1) is 5.56 Å². The quantitative estimate of drug-likeness (QED) is 0.448. The van der Waals surface area contributed by atoms with Crippen LogP contribution >= 0.6 is 0 Å². The molecule has 0 radical (unpaired) electrons. The van der Waals surface area contributed by atoms with Crippen molar-refractivity contribution in [1.82, 2.24) is 0 Å². The van der Waals surface area contributed by atoms with Crippen molar-refractivity contribution in [2.45, 2.75) is 5.60 Å². The van der Waals surface area contributed by atoms with Crippen molar-refractivity contribution in [3.05, 3.63) is 88.5 Å². The number of carbonyl (C=O) groups excluding carboxylic acids is 2. The number of aromatic hydroxyl groups is 2. The first-order valence-corrected chi connectivity index (χ1v) is 9.09. The topological polar surface area (TPSA) is 119 Å². The van der Waals surface area contributed by atoms with E-state index in [0.29, 0.717) is 39.3 Å². The lowest BCUT2D eigenvalue weighted by Crippen LogP contribution is -2.32. The van der Waals surface area contributed by atoms with E-state index in [-0.39, 0.29) is 11.5 Å². The van der Waals surface area contributed by atoms with Crippen LogP contribution in [-0.2, 0) is 15.1 Å². The first-order valence-electron chi connectivity index (χ1n) is 9.09. The number of phenols is 2. The fourth-order valence-corrected chi connectivity index (χ4v) is 4.08. The standard InChI is InChI=1S/C23H15NO6/c24-20(27)9-4-12-2-1-3-17-21(12)22(28)30-23(17)15-7-5-13(25)10-18(15)29-19-11-14(26)6-8-16(19)23/h1-11,25-26H,(H2,24,27). The lowest BCUT2D eigenvalue weighted by molar-refractivity contribution is -0.113. The first kappa shape index (κ1) is 17.8. The van der Waals surface area contributed by atoms with Crippen molar-refractivity contribution in [3.63, 3.8) is 0 Å². The SMILES string of the molecule is NC(=O)C=Cc1cccc2c1C(=O)OC21c2ccc(O)cc2Oc2cc(O)ccc21. The lowest BCUT2D eigenvalue weighted by atomic mass is 9.77. The molecule has 2 aliphatic heterocycles. The molecule has 5 rings (SSSR count). The van der Waals surface area contributed by atoms with E-state index >= 15 is 0 Å². The Morgan fingerprint density at radius 1 is 0.933 bits per heavy atom. The number of fused-ring (bicyclic) bond motifs is 6. The van der Waals surface area contributed by atoms with Gasteiger partial charge in [0.2, 0.25) is 5.91 Å². The van der Waals surface area contributed by atoms with Gasteiger partial charge in [-0.3, -0.25) is 4.79 Å². The lowest BCUT2D eigenvalue weighted by Gasteiger charge is -2.36. The molecule has 4 N–H and O–H groups in total. The van der Waals surface area contributed by atoms with Crippen molar-refractivity contribution < 1.29 is 29.3 Å². The molecule has 1 amide bonds. The zero-order valence-corrected chi connectivity index (χ0v) is 15.5. The number of benzene rings is 3. The Balaban J connectivity index is 1.85. The molecule has 0 aromatic heterocycles. The highest BCUT2D eigenvalue weighted by atomic mass is 16.6. The Bertz CT molecular complexity index is 1230. The molecule has 7 nitrogen and oxygen atoms in total. The van der Waals surface area contributed by atoms with Crippen molar-refractivity contribution in [2.75, 3.05) is 0 Å². The van der Waals surface area contributed by atoms with Crippen LogP contribution in [0.25, 0.3) is 6.08 Å². The second-order valence-corrected chi connectivity index (χ2v) is 7.04. The highest BCUT2D eigenvalue weighted by molar-refractivity contribution is 6.01. The zero-order valence-electron chi connectivity index (χ0n) is 15.5. The van der Waals surface area contributed by atoms with E-state index < -0.39 is 17.5 Å². The Hall–Kier alpha value is -4.26. The average molecular weight is 401 g/mol. The molecule has 2 aliphatic rings. The summed E-state index contributed by atoms with van der Waals surface area (Å²) in [6, 6.07) is 14.3. The monoisotopic (exact) mass is 401 g/mol. The molecule has 0 fully saturated rings. The summed E-state index contributed by atoms with van der Waals surface area (Å²) in [4.78, 5) is 24.2. The summed E-state index contributed by atoms with van der Waals surface area (Å²) in [5.41, 5.74) is 6.27. The van der Waals surface area contributed by atoms with Crippen LogP contribution in [0.5, 0.6) is 23.0 Å². The highest BCUT2D eigenvalue weighted by Gasteiger charge is 2.54. The summed E-state index contributed by atoms with van der Waals surface area (Å²) >= 11 is 0. The Morgan fingerprint density at radius 3 is 2.17 bits per heavy atom. The molecule has 0 aliphatic carbocycles. The van der Waals surface area contributed by atoms with Crippen LogP contribution in [0.4, 0.5) is 0 Å². The van der Waals surface area contributed by atoms with Crippen molar-refractivity contribution in [1.29, 1.82) is 0 Å². The molecule has 1 spiro atoms. The predicted molar refractivity (Wildman–Crippen MR) is 106 cm³/mol. The Kier molecular flexibility index (Phi) is 3.63. The molecule has 2 heterocycles. The third-order valence-electron chi connectivity index (χ3n) is 5.26. The maximum absolute atomic E-state index is 13.0. The van der Waals surface area contributed by atoms with E-state index in [1.54, 1.807) is 30.3 Å². The minimum absolute atomic E-state index is 0.0183. The number of hydrogen-bond donors (Lipinski definition) is 3. The summed E-state index contributed by atoms with van der Waals surface area (Å²) in [6.45, 7) is 0. The summed E-state index contributed by atoms with van der Waals surface area (Å²) < 4.78 is 11.9. The smallest absolute Gasteiger partial charge is 0.340 e. The van der Waals surface area contributed by atoms with Gasteiger partial charge in [-0.25, -0.2) is 4.79 Å². The summed E-state index contributed by atoms with van der Waals surface area (Å²) in [6.07, 6.45) is 2.64. The van der Waals surface area contributed by atoms with Crippen molar-refractivity contribution >= 4 is 18.0 Å². The number of phenolic OH excluding ortho intramolecular Hbond substituents is 2. The molecule has 0 saturated carbocycles. The number of hydrogen-bond acceptors (Lipinski definition) is 6. The third kappa shape index (κ3) is 2.39. The van der Waals surface area contributed by atoms with Crippen LogP contribution < -0.4 is 10.5 Å². The highest BCUT2D eigenvalue weighted by Crippen LogP contribution is 2.57. The van der Waals surface area contributed by atoms with Gasteiger partial charge < -0.3 is 25.4 Å². The Morgan fingerprint density at radius 2 is 1.57 bits per heavy atom. The molecular formula is C23H15NO6. The van der Waals surface area contributed by atoms with Gasteiger partial charge in [-0.1, -0.05) is 18.2 Å². The first-order chi connectivity index (χ1) is 14.4. The largest absolute Gasteiger partial charge is 0.508 e. The summed E-state index contributed by atoms with van der Waals surface area (Å²) in [5, 5.41) is 19.9. The van der Waals surface area contributed by atoms with E-state index in [2.05, 4.69) is 0 Å². The van der Waals surface area contributed by atoms with Crippen LogP contribution in [0.15, 0.2) is 60.7 Å². The van der Waals surface area contributed by atoms with Gasteiger partial charge in [-0.2, -0.15) is 0 Å². The number of rotatable bonds is 2. The molecule has 30 heavy (non-hydrogen) atoms. The molecule has 3 aromatic rings. The fraction of sp³-hybridized carbons (Fsp3) is 0.0435. The summed E-state index contributed by atoms with van der Waals surface area (Å²) in [7, 11) is 0. The van der Waals surface area contributed by atoms with Gasteiger partial charge in [-0.15, -0.1) is 0 Å². The second-order valence-electron chi connectivity index (χ2n) is 7.04. The van der Waals surface area contributed by atoms with Crippen LogP contribution in [0.3, 0.4) is 0 Å². The van der Waals surface area contributed by atoms with Gasteiger partial charge in [0.25, 0.3) is 0 Å². The molecule has 0 bridgehead atoms. The van der Waals surface area contributed by atoms with E-state index in [0.717, 1.165) is 0 Å². The number of ether oxygens (including phenoxy) is 2. The fourth-order valence-electron chi connectivity index (χ4n) is 4.08. The number of esters is 1. The molecule has 0 saturated heterocycles. The van der Waals surface area contributed by atoms with Gasteiger partial charge in [0.1, 0.15) is 23.0 Å². The van der Waals surface area contributed by atoms with E-state index in [4.69, 9.17) is 15.2 Å². The number of carbonyl (C=O) groups is 2. The van der Waals surface area contributed by atoms with Crippen LogP contribution in [0.2, 0.25) is 0 Å². The number of nitrogens with two attached hydrogens (primary N) is 1. The normalized spacial score (nSPS) is 15.3. The van der Waals surface area contributed by atoms with E-state index in [1.807, 2.05) is 0 Å². The molecule has 148 valence electrons. The predicted octanol–water partition coefficient (Wildman–Crippen LogP) is 3.16. The molecule has 0 atom stereocenters. The van der Waals surface area contributed by atoms with Crippen LogP contribution in [0, 0.1) is 0 Å². The van der Waals surface area contributed by atoms with Crippen LogP contribution in [-0.4, -0.2) is 22.1 Å².